The van der Waals surface area contributed by atoms with Crippen molar-refractivity contribution in [3.8, 4) is 17.2 Å². The molecule has 0 spiro atoms. The summed E-state index contributed by atoms with van der Waals surface area (Å²) >= 11 is 1.28. The molecule has 0 saturated carbocycles. The van der Waals surface area contributed by atoms with Crippen molar-refractivity contribution >= 4 is 39.8 Å². The number of carbonyl (C=O) groups excluding carboxylic acids is 1. The average Bonchev–Trinajstić information content (AvgIpc) is 3.19. The lowest BCUT2D eigenvalue weighted by Gasteiger charge is -2.20. The topological polar surface area (TPSA) is 96.6 Å². The number of benzene rings is 2. The van der Waals surface area contributed by atoms with Gasteiger partial charge in [0.05, 0.1) is 26.9 Å². The normalized spacial score (nSPS) is 16.7. The molecule has 0 bridgehead atoms. The Kier molecular flexibility index (Phi) is 5.77. The van der Waals surface area contributed by atoms with Crippen molar-refractivity contribution in [3.63, 3.8) is 0 Å². The SMILES string of the molecule is COc1ccc(/C=C2\C(=N)N3N=C(Cc4ccc(OC)c(OC)c4)SC3=NC2=O)cc1. The van der Waals surface area contributed by atoms with Gasteiger partial charge in [-0.25, -0.2) is 0 Å². The fourth-order valence-electron chi connectivity index (χ4n) is 3.14. The molecule has 0 radical (unpaired) electrons. The second-order valence-electron chi connectivity index (χ2n) is 6.65. The summed E-state index contributed by atoms with van der Waals surface area (Å²) in [6.45, 7) is 0. The Morgan fingerprint density at radius 1 is 1.03 bits per heavy atom. The maximum Gasteiger partial charge on any atom is 0.283 e. The lowest BCUT2D eigenvalue weighted by Crippen LogP contribution is -2.35. The number of hydrogen-bond donors (Lipinski definition) is 1. The molecule has 2 aromatic rings. The van der Waals surface area contributed by atoms with Crippen LogP contribution in [0.1, 0.15) is 11.1 Å². The third kappa shape index (κ3) is 4.17. The van der Waals surface area contributed by atoms with Crippen LogP contribution >= 0.6 is 11.8 Å². The lowest BCUT2D eigenvalue weighted by molar-refractivity contribution is -0.114. The number of thioether (sulfide) groups is 1. The molecule has 2 heterocycles. The van der Waals surface area contributed by atoms with Crippen molar-refractivity contribution in [2.45, 2.75) is 6.42 Å². The van der Waals surface area contributed by atoms with Crippen molar-refractivity contribution in [3.05, 3.63) is 59.2 Å². The number of ether oxygens (including phenoxy) is 3. The number of rotatable bonds is 6. The predicted octanol–water partition coefficient (Wildman–Crippen LogP) is 3.57. The molecule has 158 valence electrons. The summed E-state index contributed by atoms with van der Waals surface area (Å²) in [5.41, 5.74) is 1.93. The van der Waals surface area contributed by atoms with E-state index in [0.29, 0.717) is 28.8 Å². The minimum absolute atomic E-state index is 0.000583. The van der Waals surface area contributed by atoms with Crippen LogP contribution < -0.4 is 14.2 Å². The molecule has 2 aromatic carbocycles. The van der Waals surface area contributed by atoms with E-state index in [1.807, 2.05) is 30.3 Å². The number of hydrogen-bond acceptors (Lipinski definition) is 7. The minimum Gasteiger partial charge on any atom is -0.497 e. The zero-order valence-electron chi connectivity index (χ0n) is 17.2. The van der Waals surface area contributed by atoms with E-state index < -0.39 is 5.91 Å². The second-order valence-corrected chi connectivity index (χ2v) is 7.69. The van der Waals surface area contributed by atoms with Crippen LogP contribution in [-0.2, 0) is 11.2 Å². The number of methoxy groups -OCH3 is 3. The highest BCUT2D eigenvalue weighted by Crippen LogP contribution is 2.32. The minimum atomic E-state index is -0.456. The summed E-state index contributed by atoms with van der Waals surface area (Å²) in [5, 5.41) is 15.5. The van der Waals surface area contributed by atoms with Crippen LogP contribution in [0.15, 0.2) is 58.1 Å². The van der Waals surface area contributed by atoms with Gasteiger partial charge in [-0.2, -0.15) is 15.1 Å². The van der Waals surface area contributed by atoms with E-state index in [9.17, 15) is 4.79 Å². The third-order valence-electron chi connectivity index (χ3n) is 4.73. The first-order valence-corrected chi connectivity index (χ1v) is 10.2. The number of amidine groups is 2. The Balaban J connectivity index is 1.56. The van der Waals surface area contributed by atoms with Gasteiger partial charge in [0.15, 0.2) is 17.3 Å². The average molecular weight is 436 g/mol. The first kappa shape index (κ1) is 20.7. The molecule has 0 fully saturated rings. The van der Waals surface area contributed by atoms with Crippen molar-refractivity contribution in [1.29, 1.82) is 5.41 Å². The molecule has 0 aromatic heterocycles. The van der Waals surface area contributed by atoms with E-state index >= 15 is 0 Å². The maximum absolute atomic E-state index is 12.6. The first-order chi connectivity index (χ1) is 15.0. The van der Waals surface area contributed by atoms with E-state index in [2.05, 4.69) is 10.1 Å². The van der Waals surface area contributed by atoms with E-state index in [-0.39, 0.29) is 11.4 Å². The summed E-state index contributed by atoms with van der Waals surface area (Å²) in [7, 11) is 4.76. The quantitative estimate of drug-likeness (QED) is 0.696. The van der Waals surface area contributed by atoms with Crippen molar-refractivity contribution < 1.29 is 19.0 Å². The molecule has 0 saturated heterocycles. The Bertz CT molecular complexity index is 1140. The molecule has 1 amide bonds. The third-order valence-corrected chi connectivity index (χ3v) is 5.63. The van der Waals surface area contributed by atoms with E-state index in [0.717, 1.165) is 16.2 Å². The highest BCUT2D eigenvalue weighted by Gasteiger charge is 2.35. The predicted molar refractivity (Wildman–Crippen MR) is 121 cm³/mol. The van der Waals surface area contributed by atoms with Gasteiger partial charge in [-0.3, -0.25) is 10.2 Å². The van der Waals surface area contributed by atoms with Crippen molar-refractivity contribution in [1.82, 2.24) is 5.01 Å². The monoisotopic (exact) mass is 436 g/mol. The number of carbonyl (C=O) groups is 1. The summed E-state index contributed by atoms with van der Waals surface area (Å²) in [6.07, 6.45) is 2.15. The van der Waals surface area contributed by atoms with Gasteiger partial charge in [-0.05, 0) is 53.2 Å². The van der Waals surface area contributed by atoms with Gasteiger partial charge in [-0.15, -0.1) is 0 Å². The van der Waals surface area contributed by atoms with Gasteiger partial charge in [0.1, 0.15) is 10.8 Å². The Morgan fingerprint density at radius 3 is 2.45 bits per heavy atom. The lowest BCUT2D eigenvalue weighted by atomic mass is 10.1. The van der Waals surface area contributed by atoms with Gasteiger partial charge in [0.2, 0.25) is 5.17 Å². The molecule has 0 aliphatic carbocycles. The van der Waals surface area contributed by atoms with Gasteiger partial charge in [0, 0.05) is 6.42 Å². The Hall–Kier alpha value is -3.59. The second kappa shape index (κ2) is 8.65. The van der Waals surface area contributed by atoms with Gasteiger partial charge in [-0.1, -0.05) is 18.2 Å². The Morgan fingerprint density at radius 2 is 1.77 bits per heavy atom. The zero-order valence-corrected chi connectivity index (χ0v) is 18.0. The van der Waals surface area contributed by atoms with Gasteiger partial charge >= 0.3 is 0 Å². The van der Waals surface area contributed by atoms with Crippen LogP contribution in [0.25, 0.3) is 6.08 Å². The smallest absolute Gasteiger partial charge is 0.283 e. The summed E-state index contributed by atoms with van der Waals surface area (Å²) in [5.74, 6) is 1.54. The van der Waals surface area contributed by atoms with Crippen LogP contribution in [0.2, 0.25) is 0 Å². The van der Waals surface area contributed by atoms with Crippen LogP contribution in [0.3, 0.4) is 0 Å². The van der Waals surface area contributed by atoms with Gasteiger partial charge in [0.25, 0.3) is 5.91 Å². The molecule has 2 aliphatic heterocycles. The molecule has 0 atom stereocenters. The fraction of sp³-hybridized carbons (Fsp3) is 0.182. The highest BCUT2D eigenvalue weighted by molar-refractivity contribution is 8.26. The molecule has 9 heteroatoms. The number of fused-ring (bicyclic) bond motifs is 1. The largest absolute Gasteiger partial charge is 0.497 e. The molecule has 8 nitrogen and oxygen atoms in total. The van der Waals surface area contributed by atoms with Crippen LogP contribution in [0.4, 0.5) is 0 Å². The number of nitrogens with one attached hydrogen (secondary N) is 1. The standard InChI is InChI=1S/C22H20N4O4S/c1-28-15-7-4-13(5-8-15)10-16-20(23)26-22(24-21(16)27)31-19(25-26)12-14-6-9-17(29-2)18(11-14)30-3/h4-11,23H,12H2,1-3H3/b16-10+,23-20?. The fourth-order valence-corrected chi connectivity index (χ4v) is 4.05. The van der Waals surface area contributed by atoms with Crippen molar-refractivity contribution in [2.75, 3.05) is 21.3 Å². The maximum atomic E-state index is 12.6. The van der Waals surface area contributed by atoms with Crippen LogP contribution in [0, 0.1) is 5.41 Å². The van der Waals surface area contributed by atoms with Crippen LogP contribution in [0.5, 0.6) is 17.2 Å². The van der Waals surface area contributed by atoms with Gasteiger partial charge < -0.3 is 14.2 Å². The number of hydrazone groups is 1. The Labute approximate surface area is 183 Å². The summed E-state index contributed by atoms with van der Waals surface area (Å²) < 4.78 is 15.8. The van der Waals surface area contributed by atoms with E-state index in [1.54, 1.807) is 39.5 Å². The van der Waals surface area contributed by atoms with E-state index in [4.69, 9.17) is 19.6 Å². The summed E-state index contributed by atoms with van der Waals surface area (Å²) in [6, 6.07) is 12.9. The zero-order chi connectivity index (χ0) is 22.0. The molecule has 31 heavy (non-hydrogen) atoms. The van der Waals surface area contributed by atoms with Crippen LogP contribution in [-0.4, -0.2) is 48.3 Å². The molecular formula is C22H20N4O4S. The molecule has 4 rings (SSSR count). The number of aliphatic imine (C=N–C) groups is 1. The highest BCUT2D eigenvalue weighted by atomic mass is 32.2. The van der Waals surface area contributed by atoms with Crippen molar-refractivity contribution in [2.24, 2.45) is 10.1 Å². The van der Waals surface area contributed by atoms with E-state index in [1.165, 1.54) is 16.8 Å². The number of amides is 1. The number of nitrogens with zero attached hydrogens (tertiary/aromatic N) is 3. The molecule has 1 N–H and O–H groups in total. The molecule has 2 aliphatic rings. The molecular weight excluding hydrogens is 416 g/mol. The first-order valence-electron chi connectivity index (χ1n) is 9.36. The molecule has 0 unspecified atom stereocenters. The summed E-state index contributed by atoms with van der Waals surface area (Å²) in [4.78, 5) is 16.7.